The fourth-order valence-corrected chi connectivity index (χ4v) is 4.54. The Bertz CT molecular complexity index is 1040. The summed E-state index contributed by atoms with van der Waals surface area (Å²) in [6.45, 7) is 4.01. The van der Waals surface area contributed by atoms with E-state index in [4.69, 9.17) is 4.74 Å². The number of nitrogens with one attached hydrogen (secondary N) is 1. The summed E-state index contributed by atoms with van der Waals surface area (Å²) in [5.41, 5.74) is 3.40. The van der Waals surface area contributed by atoms with Crippen molar-refractivity contribution in [3.05, 3.63) is 76.9 Å². The lowest BCUT2D eigenvalue weighted by atomic mass is 10.1. The summed E-state index contributed by atoms with van der Waals surface area (Å²) < 4.78 is 20.4. The average molecular weight is 485 g/mol. The molecule has 0 saturated heterocycles. The molecule has 2 aromatic carbocycles. The van der Waals surface area contributed by atoms with Crippen LogP contribution in [-0.4, -0.2) is 34.4 Å². The van der Waals surface area contributed by atoms with Crippen LogP contribution in [0.4, 0.5) is 4.39 Å². The fraction of sp³-hybridized carbons (Fsp3) is 0.423. The van der Waals surface area contributed by atoms with Crippen molar-refractivity contribution in [3.63, 3.8) is 0 Å². The zero-order valence-corrected chi connectivity index (χ0v) is 20.7. The minimum absolute atomic E-state index is 0.000264. The maximum Gasteiger partial charge on any atom is 0.220 e. The number of rotatable bonds is 14. The van der Waals surface area contributed by atoms with E-state index in [0.717, 1.165) is 54.5 Å². The maximum absolute atomic E-state index is 13.0. The molecule has 1 N–H and O–H groups in total. The van der Waals surface area contributed by atoms with Gasteiger partial charge in [-0.3, -0.25) is 4.79 Å². The van der Waals surface area contributed by atoms with Gasteiger partial charge in [0, 0.05) is 45.4 Å². The molecule has 0 fully saturated rings. The number of thioether (sulfide) groups is 1. The predicted molar refractivity (Wildman–Crippen MR) is 133 cm³/mol. The highest BCUT2D eigenvalue weighted by molar-refractivity contribution is 7.98. The number of benzene rings is 2. The van der Waals surface area contributed by atoms with Crippen LogP contribution >= 0.6 is 11.8 Å². The van der Waals surface area contributed by atoms with Gasteiger partial charge >= 0.3 is 0 Å². The van der Waals surface area contributed by atoms with Crippen molar-refractivity contribution in [2.45, 2.75) is 63.0 Å². The molecule has 1 aromatic heterocycles. The van der Waals surface area contributed by atoms with E-state index in [1.54, 1.807) is 31.0 Å². The second-order valence-electron chi connectivity index (χ2n) is 8.28. The molecule has 3 aromatic rings. The summed E-state index contributed by atoms with van der Waals surface area (Å²) in [5, 5.41) is 12.7. The minimum Gasteiger partial charge on any atom is -0.385 e. The van der Waals surface area contributed by atoms with Gasteiger partial charge in [0.15, 0.2) is 5.16 Å². The lowest BCUT2D eigenvalue weighted by molar-refractivity contribution is -0.121. The first-order valence-corrected chi connectivity index (χ1v) is 12.6. The van der Waals surface area contributed by atoms with E-state index in [0.29, 0.717) is 19.6 Å². The zero-order chi connectivity index (χ0) is 24.2. The van der Waals surface area contributed by atoms with Crippen LogP contribution < -0.4 is 5.32 Å². The SMILES string of the molecule is COCCCn1c(CCCCC(=O)NCc2ccc(F)cc2)nnc1SCc1cccc(C)c1. The number of ether oxygens (including phenoxy) is 1. The number of carbonyl (C=O) groups is 1. The monoisotopic (exact) mass is 484 g/mol. The second kappa shape index (κ2) is 13.9. The van der Waals surface area contributed by atoms with Crippen molar-refractivity contribution in [2.75, 3.05) is 13.7 Å². The Balaban J connectivity index is 1.47. The first-order chi connectivity index (χ1) is 16.5. The molecule has 0 spiro atoms. The molecule has 6 nitrogen and oxygen atoms in total. The standard InChI is InChI=1S/C26H33FN4O2S/c1-20-7-5-8-22(17-20)19-34-26-30-29-24(31(26)15-6-16-33-2)9-3-4-10-25(32)28-18-21-11-13-23(27)14-12-21/h5,7-8,11-14,17H,3-4,6,9-10,15-16,18-19H2,1-2H3,(H,28,32). The number of nitrogens with zero attached hydrogens (tertiary/aromatic N) is 3. The molecule has 0 bridgehead atoms. The summed E-state index contributed by atoms with van der Waals surface area (Å²) >= 11 is 1.70. The van der Waals surface area contributed by atoms with Gasteiger partial charge < -0.3 is 14.6 Å². The number of methoxy groups -OCH3 is 1. The van der Waals surface area contributed by atoms with E-state index < -0.39 is 0 Å². The number of aryl methyl sites for hydroxylation is 2. The van der Waals surface area contributed by atoms with E-state index in [-0.39, 0.29) is 11.7 Å². The largest absolute Gasteiger partial charge is 0.385 e. The van der Waals surface area contributed by atoms with Crippen molar-refractivity contribution < 1.29 is 13.9 Å². The number of carbonyl (C=O) groups excluding carboxylic acids is 1. The number of aromatic nitrogens is 3. The quantitative estimate of drug-likeness (QED) is 0.255. The predicted octanol–water partition coefficient (Wildman–Crippen LogP) is 5.08. The first-order valence-electron chi connectivity index (χ1n) is 11.7. The molecule has 0 atom stereocenters. The molecule has 34 heavy (non-hydrogen) atoms. The number of amides is 1. The molecular weight excluding hydrogens is 451 g/mol. The highest BCUT2D eigenvalue weighted by Crippen LogP contribution is 2.23. The third kappa shape index (κ3) is 8.57. The molecule has 0 aliphatic carbocycles. The number of hydrogen-bond donors (Lipinski definition) is 1. The van der Waals surface area contributed by atoms with Gasteiger partial charge in [-0.15, -0.1) is 10.2 Å². The molecule has 1 amide bonds. The lowest BCUT2D eigenvalue weighted by Gasteiger charge is -2.10. The number of unbranched alkanes of at least 4 members (excludes halogenated alkanes) is 1. The topological polar surface area (TPSA) is 69.0 Å². The summed E-state index contributed by atoms with van der Waals surface area (Å²) in [4.78, 5) is 12.1. The molecule has 0 radical (unpaired) electrons. The Kier molecular flexibility index (Phi) is 10.6. The number of hydrogen-bond acceptors (Lipinski definition) is 5. The van der Waals surface area contributed by atoms with Gasteiger partial charge in [0.25, 0.3) is 0 Å². The molecule has 8 heteroatoms. The lowest BCUT2D eigenvalue weighted by Crippen LogP contribution is -2.22. The first kappa shape index (κ1) is 25.9. The van der Waals surface area contributed by atoms with Crippen molar-refractivity contribution in [3.8, 4) is 0 Å². The third-order valence-electron chi connectivity index (χ3n) is 5.43. The van der Waals surface area contributed by atoms with Crippen LogP contribution in [0.15, 0.2) is 53.7 Å². The molecule has 182 valence electrons. The van der Waals surface area contributed by atoms with Gasteiger partial charge in [-0.25, -0.2) is 4.39 Å². The Morgan fingerprint density at radius 3 is 2.68 bits per heavy atom. The van der Waals surface area contributed by atoms with Gasteiger partial charge in [0.1, 0.15) is 11.6 Å². The van der Waals surface area contributed by atoms with Crippen molar-refractivity contribution in [1.82, 2.24) is 20.1 Å². The molecule has 1 heterocycles. The van der Waals surface area contributed by atoms with Crippen molar-refractivity contribution in [2.24, 2.45) is 0 Å². The normalized spacial score (nSPS) is 11.0. The van der Waals surface area contributed by atoms with Crippen molar-refractivity contribution >= 4 is 17.7 Å². The van der Waals surface area contributed by atoms with E-state index in [1.165, 1.54) is 23.3 Å². The minimum atomic E-state index is -0.276. The Labute approximate surface area is 205 Å². The van der Waals surface area contributed by atoms with Crippen LogP contribution in [0.3, 0.4) is 0 Å². The summed E-state index contributed by atoms with van der Waals surface area (Å²) in [5.74, 6) is 1.52. The molecule has 0 aliphatic rings. The van der Waals surface area contributed by atoms with Gasteiger partial charge in [-0.05, 0) is 49.4 Å². The summed E-state index contributed by atoms with van der Waals surface area (Å²) in [7, 11) is 1.71. The van der Waals surface area contributed by atoms with Crippen LogP contribution in [0.25, 0.3) is 0 Å². The second-order valence-corrected chi connectivity index (χ2v) is 9.23. The number of halogens is 1. The smallest absolute Gasteiger partial charge is 0.220 e. The van der Waals surface area contributed by atoms with E-state index in [2.05, 4.69) is 51.3 Å². The van der Waals surface area contributed by atoms with Crippen LogP contribution in [0.2, 0.25) is 0 Å². The van der Waals surface area contributed by atoms with E-state index >= 15 is 0 Å². The van der Waals surface area contributed by atoms with Gasteiger partial charge in [0.05, 0.1) is 0 Å². The molecule has 3 rings (SSSR count). The summed E-state index contributed by atoms with van der Waals surface area (Å²) in [6, 6.07) is 14.7. The van der Waals surface area contributed by atoms with Gasteiger partial charge in [0.2, 0.25) is 5.91 Å². The Morgan fingerprint density at radius 2 is 1.91 bits per heavy atom. The Hall–Kier alpha value is -2.71. The highest BCUT2D eigenvalue weighted by atomic mass is 32.2. The molecule has 0 saturated carbocycles. The molecule has 0 aliphatic heterocycles. The summed E-state index contributed by atoms with van der Waals surface area (Å²) in [6.07, 6.45) is 3.75. The average Bonchev–Trinajstić information content (AvgIpc) is 3.22. The van der Waals surface area contributed by atoms with Crippen LogP contribution in [0.1, 0.15) is 48.2 Å². The van der Waals surface area contributed by atoms with E-state index in [9.17, 15) is 9.18 Å². The van der Waals surface area contributed by atoms with Gasteiger partial charge in [-0.2, -0.15) is 0 Å². The zero-order valence-electron chi connectivity index (χ0n) is 19.9. The highest BCUT2D eigenvalue weighted by Gasteiger charge is 2.13. The Morgan fingerprint density at radius 1 is 1.09 bits per heavy atom. The van der Waals surface area contributed by atoms with Crippen LogP contribution in [0.5, 0.6) is 0 Å². The fourth-order valence-electron chi connectivity index (χ4n) is 3.61. The van der Waals surface area contributed by atoms with Crippen molar-refractivity contribution in [1.29, 1.82) is 0 Å². The molecular formula is C26H33FN4O2S. The van der Waals surface area contributed by atoms with Gasteiger partial charge in [-0.1, -0.05) is 53.7 Å². The van der Waals surface area contributed by atoms with Crippen LogP contribution in [0, 0.1) is 12.7 Å². The maximum atomic E-state index is 13.0. The third-order valence-corrected chi connectivity index (χ3v) is 6.47. The van der Waals surface area contributed by atoms with E-state index in [1.807, 2.05) is 0 Å². The molecule has 0 unspecified atom stereocenters. The van der Waals surface area contributed by atoms with Crippen LogP contribution in [-0.2, 0) is 34.8 Å².